The van der Waals surface area contributed by atoms with Crippen molar-refractivity contribution in [1.29, 1.82) is 0 Å². The van der Waals surface area contributed by atoms with Gasteiger partial charge in [-0.1, -0.05) is 19.9 Å². The van der Waals surface area contributed by atoms with E-state index in [0.717, 1.165) is 24.0 Å². The van der Waals surface area contributed by atoms with Gasteiger partial charge in [0.05, 0.1) is 5.56 Å². The predicted molar refractivity (Wildman–Crippen MR) is 56.6 cm³/mol. The molecule has 0 amide bonds. The fourth-order valence-electron chi connectivity index (χ4n) is 1.45. The lowest BCUT2D eigenvalue weighted by Crippen LogP contribution is -2.06. The summed E-state index contributed by atoms with van der Waals surface area (Å²) in [4.78, 5) is 10.9. The number of aromatic carboxylic acids is 1. The second-order valence-corrected chi connectivity index (χ2v) is 3.23. The molecule has 1 rings (SSSR count). The van der Waals surface area contributed by atoms with Crippen LogP contribution in [0.5, 0.6) is 0 Å². The molecule has 76 valence electrons. The van der Waals surface area contributed by atoms with Gasteiger partial charge < -0.3 is 10.8 Å². The quantitative estimate of drug-likeness (QED) is 0.722. The van der Waals surface area contributed by atoms with Crippen LogP contribution >= 0.6 is 0 Å². The molecule has 14 heavy (non-hydrogen) atoms. The van der Waals surface area contributed by atoms with Crippen LogP contribution in [0, 0.1) is 0 Å². The Balaban J connectivity index is 3.34. The Bertz CT molecular complexity index is 359. The number of carboxylic acid groups (broad SMARTS) is 1. The molecule has 0 unspecified atom stereocenters. The number of nitrogen functional groups attached to an aromatic ring is 1. The molecular weight excluding hydrogens is 178 g/mol. The van der Waals surface area contributed by atoms with Gasteiger partial charge in [0.2, 0.25) is 0 Å². The molecule has 1 aromatic rings. The van der Waals surface area contributed by atoms with Gasteiger partial charge in [-0.3, -0.25) is 0 Å². The summed E-state index contributed by atoms with van der Waals surface area (Å²) in [6.45, 7) is 3.97. The van der Waals surface area contributed by atoms with Gasteiger partial charge in [0, 0.05) is 5.69 Å². The Labute approximate surface area is 83.6 Å². The molecule has 0 aliphatic heterocycles. The van der Waals surface area contributed by atoms with Crippen molar-refractivity contribution in [2.45, 2.75) is 26.7 Å². The van der Waals surface area contributed by atoms with Crippen LogP contribution in [0.1, 0.15) is 35.3 Å². The van der Waals surface area contributed by atoms with Gasteiger partial charge in [0.15, 0.2) is 0 Å². The van der Waals surface area contributed by atoms with E-state index in [0.29, 0.717) is 5.69 Å². The number of benzene rings is 1. The molecule has 0 atom stereocenters. The number of carbonyl (C=O) groups is 1. The number of hydrogen-bond donors (Lipinski definition) is 2. The first-order valence-corrected chi connectivity index (χ1v) is 4.74. The van der Waals surface area contributed by atoms with E-state index in [-0.39, 0.29) is 5.56 Å². The molecule has 0 fully saturated rings. The van der Waals surface area contributed by atoms with Gasteiger partial charge in [-0.25, -0.2) is 4.79 Å². The highest BCUT2D eigenvalue weighted by Crippen LogP contribution is 2.21. The summed E-state index contributed by atoms with van der Waals surface area (Å²) in [5.41, 5.74) is 8.30. The first-order chi connectivity index (χ1) is 6.60. The average Bonchev–Trinajstić information content (AvgIpc) is 2.17. The molecule has 0 saturated carbocycles. The Morgan fingerprint density at radius 2 is 2.00 bits per heavy atom. The van der Waals surface area contributed by atoms with Crippen LogP contribution in [0.4, 0.5) is 5.69 Å². The van der Waals surface area contributed by atoms with Crippen LogP contribution in [-0.4, -0.2) is 11.1 Å². The van der Waals surface area contributed by atoms with E-state index >= 15 is 0 Å². The third kappa shape index (κ3) is 1.87. The third-order valence-corrected chi connectivity index (χ3v) is 2.35. The third-order valence-electron chi connectivity index (χ3n) is 2.35. The topological polar surface area (TPSA) is 63.3 Å². The molecular formula is C11H15NO2. The minimum absolute atomic E-state index is 0.223. The summed E-state index contributed by atoms with van der Waals surface area (Å²) in [6, 6.07) is 3.62. The van der Waals surface area contributed by atoms with E-state index in [1.165, 1.54) is 0 Å². The van der Waals surface area contributed by atoms with E-state index in [1.807, 2.05) is 19.9 Å². The van der Waals surface area contributed by atoms with Crippen LogP contribution < -0.4 is 5.73 Å². The summed E-state index contributed by atoms with van der Waals surface area (Å²) in [5.74, 6) is -0.951. The van der Waals surface area contributed by atoms with Crippen molar-refractivity contribution in [1.82, 2.24) is 0 Å². The molecule has 1 aromatic carbocycles. The van der Waals surface area contributed by atoms with Gasteiger partial charge >= 0.3 is 5.97 Å². The Morgan fingerprint density at radius 1 is 1.36 bits per heavy atom. The standard InChI is InChI=1S/C11H15NO2/c1-3-7-5-8(4-2)10(12)9(6-7)11(13)14/h5-6H,3-4,12H2,1-2H3,(H,13,14). The molecule has 0 aromatic heterocycles. The van der Waals surface area contributed by atoms with Gasteiger partial charge in [-0.2, -0.15) is 0 Å². The lowest BCUT2D eigenvalue weighted by atomic mass is 10.00. The predicted octanol–water partition coefficient (Wildman–Crippen LogP) is 2.09. The van der Waals surface area contributed by atoms with Crippen LogP contribution in [0.2, 0.25) is 0 Å². The maximum Gasteiger partial charge on any atom is 0.337 e. The first-order valence-electron chi connectivity index (χ1n) is 4.74. The van der Waals surface area contributed by atoms with Gasteiger partial charge in [-0.15, -0.1) is 0 Å². The van der Waals surface area contributed by atoms with E-state index in [2.05, 4.69) is 0 Å². The van der Waals surface area contributed by atoms with Crippen molar-refractivity contribution >= 4 is 11.7 Å². The second-order valence-electron chi connectivity index (χ2n) is 3.23. The molecule has 3 heteroatoms. The molecule has 0 spiro atoms. The van der Waals surface area contributed by atoms with Crippen LogP contribution in [0.25, 0.3) is 0 Å². The van der Waals surface area contributed by atoms with Gasteiger partial charge in [0.25, 0.3) is 0 Å². The number of nitrogens with two attached hydrogens (primary N) is 1. The van der Waals surface area contributed by atoms with E-state index in [4.69, 9.17) is 10.8 Å². The molecule has 3 nitrogen and oxygen atoms in total. The highest BCUT2D eigenvalue weighted by Gasteiger charge is 2.11. The van der Waals surface area contributed by atoms with Crippen molar-refractivity contribution in [2.24, 2.45) is 0 Å². The Kier molecular flexibility index (Phi) is 3.12. The minimum atomic E-state index is -0.951. The van der Waals surface area contributed by atoms with Crippen LogP contribution in [-0.2, 0) is 12.8 Å². The lowest BCUT2D eigenvalue weighted by molar-refractivity contribution is 0.0698. The fraction of sp³-hybridized carbons (Fsp3) is 0.364. The Hall–Kier alpha value is -1.51. The first kappa shape index (κ1) is 10.6. The monoisotopic (exact) mass is 193 g/mol. The molecule has 0 bridgehead atoms. The lowest BCUT2D eigenvalue weighted by Gasteiger charge is -2.09. The van der Waals surface area contributed by atoms with Gasteiger partial charge in [-0.05, 0) is 30.0 Å². The maximum absolute atomic E-state index is 10.9. The van der Waals surface area contributed by atoms with Gasteiger partial charge in [0.1, 0.15) is 0 Å². The van der Waals surface area contributed by atoms with E-state index in [1.54, 1.807) is 6.07 Å². The number of hydrogen-bond acceptors (Lipinski definition) is 2. The number of rotatable bonds is 3. The van der Waals surface area contributed by atoms with Crippen LogP contribution in [0.15, 0.2) is 12.1 Å². The second kappa shape index (κ2) is 4.13. The average molecular weight is 193 g/mol. The van der Waals surface area contributed by atoms with Crippen molar-refractivity contribution in [3.05, 3.63) is 28.8 Å². The molecule has 3 N–H and O–H groups in total. The summed E-state index contributed by atoms with van der Waals surface area (Å²) in [5, 5.41) is 8.93. The number of anilines is 1. The summed E-state index contributed by atoms with van der Waals surface area (Å²) >= 11 is 0. The molecule has 0 saturated heterocycles. The summed E-state index contributed by atoms with van der Waals surface area (Å²) in [7, 11) is 0. The number of carboxylic acids is 1. The normalized spacial score (nSPS) is 10.1. The summed E-state index contributed by atoms with van der Waals surface area (Å²) < 4.78 is 0. The van der Waals surface area contributed by atoms with Crippen molar-refractivity contribution < 1.29 is 9.90 Å². The largest absolute Gasteiger partial charge is 0.478 e. The molecule has 0 heterocycles. The zero-order valence-electron chi connectivity index (χ0n) is 8.50. The minimum Gasteiger partial charge on any atom is -0.478 e. The van der Waals surface area contributed by atoms with Crippen molar-refractivity contribution in [3.63, 3.8) is 0 Å². The zero-order valence-corrected chi connectivity index (χ0v) is 8.50. The van der Waals surface area contributed by atoms with E-state index in [9.17, 15) is 4.79 Å². The van der Waals surface area contributed by atoms with E-state index < -0.39 is 5.97 Å². The fourth-order valence-corrected chi connectivity index (χ4v) is 1.45. The van der Waals surface area contributed by atoms with Crippen molar-refractivity contribution in [2.75, 3.05) is 5.73 Å². The molecule has 0 aliphatic carbocycles. The smallest absolute Gasteiger partial charge is 0.337 e. The summed E-state index contributed by atoms with van der Waals surface area (Å²) in [6.07, 6.45) is 1.59. The highest BCUT2D eigenvalue weighted by atomic mass is 16.4. The Morgan fingerprint density at radius 3 is 2.43 bits per heavy atom. The number of aryl methyl sites for hydroxylation is 2. The SMILES string of the molecule is CCc1cc(CC)c(N)c(C(=O)O)c1. The van der Waals surface area contributed by atoms with Crippen LogP contribution in [0.3, 0.4) is 0 Å². The zero-order chi connectivity index (χ0) is 10.7. The molecule has 0 aliphatic rings. The van der Waals surface area contributed by atoms with Crippen molar-refractivity contribution in [3.8, 4) is 0 Å². The highest BCUT2D eigenvalue weighted by molar-refractivity contribution is 5.94. The maximum atomic E-state index is 10.9. The molecule has 0 radical (unpaired) electrons.